The Labute approximate surface area is 162 Å². The summed E-state index contributed by atoms with van der Waals surface area (Å²) < 4.78 is 13.2. The second-order valence-corrected chi connectivity index (χ2v) is 7.95. The van der Waals surface area contributed by atoms with Gasteiger partial charge >= 0.3 is 5.97 Å². The molecule has 3 aromatic rings. The van der Waals surface area contributed by atoms with Crippen molar-refractivity contribution in [2.45, 2.75) is 6.54 Å². The monoisotopic (exact) mass is 410 g/mol. The van der Waals surface area contributed by atoms with E-state index in [2.05, 4.69) is 4.99 Å². The predicted molar refractivity (Wildman–Crippen MR) is 102 cm³/mol. The van der Waals surface area contributed by atoms with Crippen molar-refractivity contribution in [3.05, 3.63) is 49.9 Å². The highest BCUT2D eigenvalue weighted by atomic mass is 35.5. The van der Waals surface area contributed by atoms with Crippen molar-refractivity contribution < 1.29 is 19.1 Å². The van der Waals surface area contributed by atoms with E-state index in [1.165, 1.54) is 29.8 Å². The lowest BCUT2D eigenvalue weighted by molar-refractivity contribution is 0.0601. The van der Waals surface area contributed by atoms with Crippen LogP contribution in [0.4, 0.5) is 0 Å². The number of carbonyl (C=O) groups is 2. The van der Waals surface area contributed by atoms with Gasteiger partial charge in [-0.2, -0.15) is 4.99 Å². The lowest BCUT2D eigenvalue weighted by atomic mass is 10.2. The number of thiophene rings is 1. The van der Waals surface area contributed by atoms with Crippen molar-refractivity contribution in [2.24, 2.45) is 4.99 Å². The van der Waals surface area contributed by atoms with Gasteiger partial charge in [0.2, 0.25) is 0 Å². The van der Waals surface area contributed by atoms with E-state index < -0.39 is 5.97 Å². The Morgan fingerprint density at radius 1 is 1.19 bits per heavy atom. The van der Waals surface area contributed by atoms with Gasteiger partial charge in [-0.1, -0.05) is 22.9 Å². The molecule has 0 bridgehead atoms. The molecule has 2 heterocycles. The molecule has 26 heavy (non-hydrogen) atoms. The summed E-state index contributed by atoms with van der Waals surface area (Å²) in [4.78, 5) is 29.4. The molecule has 3 rings (SSSR count). The summed E-state index contributed by atoms with van der Waals surface area (Å²) >= 11 is 8.41. The van der Waals surface area contributed by atoms with E-state index in [9.17, 15) is 9.59 Å². The zero-order valence-electron chi connectivity index (χ0n) is 14.0. The van der Waals surface area contributed by atoms with Gasteiger partial charge in [-0.05, 0) is 30.3 Å². The smallest absolute Gasteiger partial charge is 0.337 e. The van der Waals surface area contributed by atoms with E-state index in [-0.39, 0.29) is 5.91 Å². The molecule has 0 spiro atoms. The molecule has 0 aliphatic heterocycles. The first kappa shape index (κ1) is 18.8. The molecule has 0 fully saturated rings. The van der Waals surface area contributed by atoms with Crippen molar-refractivity contribution in [2.75, 3.05) is 20.8 Å². The predicted octanol–water partition coefficient (Wildman–Crippen LogP) is 3.59. The first-order valence-corrected chi connectivity index (χ1v) is 9.59. The number of thiazole rings is 1. The van der Waals surface area contributed by atoms with Crippen LogP contribution in [0.1, 0.15) is 20.0 Å². The Kier molecular flexibility index (Phi) is 5.87. The summed E-state index contributed by atoms with van der Waals surface area (Å²) in [5.74, 6) is -0.764. The SMILES string of the molecule is COCCn1c(=NC(=O)c2ccc(Cl)s2)sc2cc(C(=O)OC)ccc21. The minimum Gasteiger partial charge on any atom is -0.465 e. The molecule has 0 aliphatic carbocycles. The molecule has 2 aromatic heterocycles. The Bertz CT molecular complexity index is 1030. The van der Waals surface area contributed by atoms with Gasteiger partial charge in [-0.15, -0.1) is 11.3 Å². The second-order valence-electron chi connectivity index (χ2n) is 5.22. The van der Waals surface area contributed by atoms with Gasteiger partial charge < -0.3 is 14.0 Å². The number of fused-ring (bicyclic) bond motifs is 1. The fourth-order valence-electron chi connectivity index (χ4n) is 2.37. The topological polar surface area (TPSA) is 69.9 Å². The number of ether oxygens (including phenoxy) is 2. The highest BCUT2D eigenvalue weighted by Gasteiger charge is 2.13. The standard InChI is InChI=1S/C17H15ClN2O4S2/c1-23-8-7-20-11-4-3-10(16(22)24-2)9-13(11)26-17(20)19-15(21)12-5-6-14(18)25-12/h3-6,9H,7-8H2,1-2H3. The van der Waals surface area contributed by atoms with Crippen LogP contribution in [0.25, 0.3) is 10.2 Å². The average Bonchev–Trinajstić information content (AvgIpc) is 3.22. The van der Waals surface area contributed by atoms with Gasteiger partial charge in [0.15, 0.2) is 4.80 Å². The zero-order valence-corrected chi connectivity index (χ0v) is 16.4. The number of esters is 1. The number of methoxy groups -OCH3 is 2. The van der Waals surface area contributed by atoms with E-state index in [1.807, 2.05) is 10.6 Å². The molecule has 1 aromatic carbocycles. The number of rotatable bonds is 5. The van der Waals surface area contributed by atoms with Crippen molar-refractivity contribution in [3.8, 4) is 0 Å². The van der Waals surface area contributed by atoms with Crippen LogP contribution in [0, 0.1) is 0 Å². The van der Waals surface area contributed by atoms with Gasteiger partial charge in [0.05, 0.1) is 38.7 Å². The van der Waals surface area contributed by atoms with E-state index in [0.717, 1.165) is 10.2 Å². The summed E-state index contributed by atoms with van der Waals surface area (Å²) in [7, 11) is 2.95. The lowest BCUT2D eigenvalue weighted by Gasteiger charge is -2.04. The first-order valence-electron chi connectivity index (χ1n) is 7.58. The quantitative estimate of drug-likeness (QED) is 0.602. The Morgan fingerprint density at radius 3 is 2.65 bits per heavy atom. The highest BCUT2D eigenvalue weighted by molar-refractivity contribution is 7.18. The van der Waals surface area contributed by atoms with Crippen molar-refractivity contribution >= 4 is 56.4 Å². The third-order valence-electron chi connectivity index (χ3n) is 3.60. The summed E-state index contributed by atoms with van der Waals surface area (Å²) in [6.07, 6.45) is 0. The average molecular weight is 411 g/mol. The van der Waals surface area contributed by atoms with Gasteiger partial charge in [0.1, 0.15) is 0 Å². The Balaban J connectivity index is 2.11. The van der Waals surface area contributed by atoms with Gasteiger partial charge in [0.25, 0.3) is 5.91 Å². The van der Waals surface area contributed by atoms with Crippen molar-refractivity contribution in [3.63, 3.8) is 0 Å². The summed E-state index contributed by atoms with van der Waals surface area (Å²) in [5.41, 5.74) is 1.32. The van der Waals surface area contributed by atoms with Crippen LogP contribution in [0.15, 0.2) is 35.3 Å². The molecule has 0 saturated carbocycles. The number of halogens is 1. The van der Waals surface area contributed by atoms with E-state index in [1.54, 1.807) is 31.4 Å². The lowest BCUT2D eigenvalue weighted by Crippen LogP contribution is -2.19. The molecule has 6 nitrogen and oxygen atoms in total. The number of aromatic nitrogens is 1. The van der Waals surface area contributed by atoms with Crippen LogP contribution in [0.5, 0.6) is 0 Å². The second kappa shape index (κ2) is 8.13. The van der Waals surface area contributed by atoms with Crippen molar-refractivity contribution in [1.29, 1.82) is 0 Å². The number of amides is 1. The molecule has 0 saturated heterocycles. The normalized spacial score (nSPS) is 11.9. The van der Waals surface area contributed by atoms with Crippen LogP contribution < -0.4 is 4.80 Å². The van der Waals surface area contributed by atoms with Gasteiger partial charge in [-0.3, -0.25) is 4.79 Å². The summed E-state index contributed by atoms with van der Waals surface area (Å²) in [5, 5.41) is 0. The third-order valence-corrected chi connectivity index (χ3v) is 5.86. The van der Waals surface area contributed by atoms with Crippen LogP contribution in [-0.2, 0) is 16.0 Å². The molecular formula is C17H15ClN2O4S2. The number of hydrogen-bond donors (Lipinski definition) is 0. The Hall–Kier alpha value is -2.00. The minimum atomic E-state index is -0.411. The molecule has 1 amide bonds. The van der Waals surface area contributed by atoms with Gasteiger partial charge in [0, 0.05) is 13.7 Å². The maximum atomic E-state index is 12.4. The van der Waals surface area contributed by atoms with Crippen LogP contribution in [0.3, 0.4) is 0 Å². The van der Waals surface area contributed by atoms with E-state index in [4.69, 9.17) is 21.1 Å². The largest absolute Gasteiger partial charge is 0.465 e. The Morgan fingerprint density at radius 2 is 2.00 bits per heavy atom. The number of benzene rings is 1. The molecule has 0 radical (unpaired) electrons. The molecule has 0 N–H and O–H groups in total. The molecule has 9 heteroatoms. The number of nitrogens with zero attached hydrogens (tertiary/aromatic N) is 2. The summed E-state index contributed by atoms with van der Waals surface area (Å²) in [6, 6.07) is 8.57. The molecule has 0 unspecified atom stereocenters. The molecular weight excluding hydrogens is 396 g/mol. The fraction of sp³-hybridized carbons (Fsp3) is 0.235. The zero-order chi connectivity index (χ0) is 18.7. The van der Waals surface area contributed by atoms with E-state index in [0.29, 0.717) is 32.7 Å². The summed E-state index contributed by atoms with van der Waals surface area (Å²) in [6.45, 7) is 1.00. The van der Waals surface area contributed by atoms with Crippen LogP contribution in [-0.4, -0.2) is 37.3 Å². The number of carbonyl (C=O) groups excluding carboxylic acids is 2. The first-order chi connectivity index (χ1) is 12.5. The van der Waals surface area contributed by atoms with E-state index >= 15 is 0 Å². The van der Waals surface area contributed by atoms with Gasteiger partial charge in [-0.25, -0.2) is 4.79 Å². The maximum Gasteiger partial charge on any atom is 0.337 e. The number of hydrogen-bond acceptors (Lipinski definition) is 6. The highest BCUT2D eigenvalue weighted by Crippen LogP contribution is 2.23. The van der Waals surface area contributed by atoms with Crippen molar-refractivity contribution in [1.82, 2.24) is 4.57 Å². The fourth-order valence-corrected chi connectivity index (χ4v) is 4.39. The molecule has 136 valence electrons. The minimum absolute atomic E-state index is 0.354. The molecule has 0 aliphatic rings. The van der Waals surface area contributed by atoms with Crippen LogP contribution >= 0.6 is 34.3 Å². The maximum absolute atomic E-state index is 12.4. The van der Waals surface area contributed by atoms with Crippen LogP contribution in [0.2, 0.25) is 4.34 Å². The third kappa shape index (κ3) is 3.88. The molecule has 0 atom stereocenters.